The third-order valence-electron chi connectivity index (χ3n) is 2.19. The Kier molecular flexibility index (Phi) is 4.72. The van der Waals surface area contributed by atoms with Crippen LogP contribution in [0.2, 0.25) is 0 Å². The molecule has 0 aliphatic heterocycles. The summed E-state index contributed by atoms with van der Waals surface area (Å²) in [4.78, 5) is 16.4. The maximum atomic E-state index is 10.4. The minimum absolute atomic E-state index is 0.138. The lowest BCUT2D eigenvalue weighted by molar-refractivity contribution is -0.137. The minimum atomic E-state index is -0.787. The van der Waals surface area contributed by atoms with Crippen LogP contribution in [0, 0.1) is 0 Å². The molecule has 1 aromatic rings. The van der Waals surface area contributed by atoms with Crippen LogP contribution in [0.1, 0.15) is 12.0 Å². The van der Waals surface area contributed by atoms with Gasteiger partial charge in [0, 0.05) is 24.8 Å². The average molecular weight is 224 g/mol. The van der Waals surface area contributed by atoms with Crippen LogP contribution in [0.25, 0.3) is 0 Å². The molecule has 1 rings (SSSR count). The summed E-state index contributed by atoms with van der Waals surface area (Å²) in [6.07, 6.45) is 1.80. The first-order valence-corrected chi connectivity index (χ1v) is 5.01. The predicted octanol–water partition coefficient (Wildman–Crippen LogP) is 0.997. The number of nitrogens with zero attached hydrogens (tertiary/aromatic N) is 2. The number of carboxylic acids is 1. The molecular weight excluding hydrogens is 208 g/mol. The zero-order chi connectivity index (χ0) is 12.0. The number of carbonyl (C=O) groups is 1. The Morgan fingerprint density at radius 3 is 3.00 bits per heavy atom. The van der Waals surface area contributed by atoms with Crippen LogP contribution in [0.4, 0.5) is 0 Å². The summed E-state index contributed by atoms with van der Waals surface area (Å²) >= 11 is 0. The topological polar surface area (TPSA) is 62.7 Å². The van der Waals surface area contributed by atoms with E-state index in [9.17, 15) is 4.79 Å². The van der Waals surface area contributed by atoms with Gasteiger partial charge in [-0.3, -0.25) is 4.79 Å². The highest BCUT2D eigenvalue weighted by Crippen LogP contribution is 2.15. The molecule has 0 spiro atoms. The Bertz CT molecular complexity index is 355. The molecule has 0 fully saturated rings. The van der Waals surface area contributed by atoms with Gasteiger partial charge in [-0.05, 0) is 13.1 Å². The molecule has 88 valence electrons. The number of ether oxygens (including phenoxy) is 1. The molecule has 0 unspecified atom stereocenters. The van der Waals surface area contributed by atoms with E-state index in [0.29, 0.717) is 19.0 Å². The zero-order valence-electron chi connectivity index (χ0n) is 9.51. The quantitative estimate of drug-likeness (QED) is 0.781. The monoisotopic (exact) mass is 224 g/mol. The van der Waals surface area contributed by atoms with Gasteiger partial charge in [-0.25, -0.2) is 4.98 Å². The van der Waals surface area contributed by atoms with E-state index in [0.717, 1.165) is 5.56 Å². The molecule has 0 amide bonds. The van der Waals surface area contributed by atoms with Gasteiger partial charge in [-0.15, -0.1) is 0 Å². The second-order valence-corrected chi connectivity index (χ2v) is 3.55. The van der Waals surface area contributed by atoms with Gasteiger partial charge in [-0.1, -0.05) is 6.07 Å². The lowest BCUT2D eigenvalue weighted by Crippen LogP contribution is -2.21. The van der Waals surface area contributed by atoms with Crippen LogP contribution >= 0.6 is 0 Å². The third-order valence-corrected chi connectivity index (χ3v) is 2.19. The van der Waals surface area contributed by atoms with Crippen molar-refractivity contribution >= 4 is 5.97 Å². The van der Waals surface area contributed by atoms with Gasteiger partial charge >= 0.3 is 5.97 Å². The molecule has 16 heavy (non-hydrogen) atoms. The van der Waals surface area contributed by atoms with Gasteiger partial charge in [0.1, 0.15) is 0 Å². The van der Waals surface area contributed by atoms with Crippen molar-refractivity contribution in [3.63, 3.8) is 0 Å². The maximum Gasteiger partial charge on any atom is 0.304 e. The fraction of sp³-hybridized carbons (Fsp3) is 0.455. The van der Waals surface area contributed by atoms with Crippen LogP contribution in [0.3, 0.4) is 0 Å². The van der Waals surface area contributed by atoms with Gasteiger partial charge < -0.3 is 14.7 Å². The summed E-state index contributed by atoms with van der Waals surface area (Å²) in [7, 11) is 3.44. The van der Waals surface area contributed by atoms with E-state index in [-0.39, 0.29) is 6.42 Å². The van der Waals surface area contributed by atoms with Crippen molar-refractivity contribution in [2.45, 2.75) is 13.0 Å². The molecule has 0 bridgehead atoms. The lowest BCUT2D eigenvalue weighted by Gasteiger charge is -2.16. The highest BCUT2D eigenvalue weighted by Gasteiger charge is 2.07. The number of methoxy groups -OCH3 is 1. The first kappa shape index (κ1) is 12.4. The Hall–Kier alpha value is -1.62. The first-order chi connectivity index (χ1) is 7.63. The maximum absolute atomic E-state index is 10.4. The van der Waals surface area contributed by atoms with E-state index in [4.69, 9.17) is 9.84 Å². The summed E-state index contributed by atoms with van der Waals surface area (Å²) in [6, 6.07) is 3.76. The number of hydrogen-bond acceptors (Lipinski definition) is 4. The number of rotatable bonds is 6. The molecule has 0 aromatic carbocycles. The van der Waals surface area contributed by atoms with Gasteiger partial charge in [0.2, 0.25) is 5.88 Å². The molecule has 5 heteroatoms. The van der Waals surface area contributed by atoms with E-state index in [1.165, 1.54) is 0 Å². The number of carboxylic acid groups (broad SMARTS) is 1. The fourth-order valence-electron chi connectivity index (χ4n) is 1.38. The summed E-state index contributed by atoms with van der Waals surface area (Å²) < 4.78 is 5.12. The molecular formula is C11H16N2O3. The zero-order valence-corrected chi connectivity index (χ0v) is 9.51. The van der Waals surface area contributed by atoms with Gasteiger partial charge in [0.25, 0.3) is 0 Å². The van der Waals surface area contributed by atoms with Crippen molar-refractivity contribution in [1.29, 1.82) is 0 Å². The highest BCUT2D eigenvalue weighted by atomic mass is 16.5. The molecule has 5 nitrogen and oxygen atoms in total. The SMILES string of the molecule is COc1ncccc1CN(C)CCC(=O)O. The van der Waals surface area contributed by atoms with Gasteiger partial charge in [0.05, 0.1) is 13.5 Å². The van der Waals surface area contributed by atoms with Crippen molar-refractivity contribution in [2.75, 3.05) is 20.7 Å². The Morgan fingerprint density at radius 1 is 1.62 bits per heavy atom. The third kappa shape index (κ3) is 3.86. The highest BCUT2D eigenvalue weighted by molar-refractivity contribution is 5.66. The van der Waals surface area contributed by atoms with Crippen LogP contribution in [-0.2, 0) is 11.3 Å². The Balaban J connectivity index is 2.55. The number of pyridine rings is 1. The van der Waals surface area contributed by atoms with Gasteiger partial charge in [-0.2, -0.15) is 0 Å². The normalized spacial score (nSPS) is 10.4. The van der Waals surface area contributed by atoms with E-state index in [2.05, 4.69) is 4.98 Å². The summed E-state index contributed by atoms with van der Waals surface area (Å²) in [5.41, 5.74) is 0.956. The minimum Gasteiger partial charge on any atom is -0.481 e. The molecule has 0 saturated heterocycles. The van der Waals surface area contributed by atoms with E-state index < -0.39 is 5.97 Å². The van der Waals surface area contributed by atoms with Crippen molar-refractivity contribution in [2.24, 2.45) is 0 Å². The van der Waals surface area contributed by atoms with E-state index >= 15 is 0 Å². The number of aliphatic carboxylic acids is 1. The number of hydrogen-bond donors (Lipinski definition) is 1. The molecule has 0 radical (unpaired) electrons. The second kappa shape index (κ2) is 6.07. The van der Waals surface area contributed by atoms with E-state index in [1.807, 2.05) is 24.1 Å². The molecule has 0 atom stereocenters. The smallest absolute Gasteiger partial charge is 0.304 e. The summed E-state index contributed by atoms with van der Waals surface area (Å²) in [6.45, 7) is 1.14. The molecule has 0 saturated carbocycles. The van der Waals surface area contributed by atoms with Gasteiger partial charge in [0.15, 0.2) is 0 Å². The lowest BCUT2D eigenvalue weighted by atomic mass is 10.2. The largest absolute Gasteiger partial charge is 0.481 e. The van der Waals surface area contributed by atoms with Crippen molar-refractivity contribution in [3.05, 3.63) is 23.9 Å². The van der Waals surface area contributed by atoms with Crippen LogP contribution < -0.4 is 4.74 Å². The van der Waals surface area contributed by atoms with Crippen LogP contribution in [-0.4, -0.2) is 41.7 Å². The fourth-order valence-corrected chi connectivity index (χ4v) is 1.38. The molecule has 1 heterocycles. The summed E-state index contributed by atoms with van der Waals surface area (Å²) in [5.74, 6) is -0.199. The summed E-state index contributed by atoms with van der Waals surface area (Å²) in [5, 5.41) is 8.57. The number of aromatic nitrogens is 1. The predicted molar refractivity (Wildman–Crippen MR) is 59.4 cm³/mol. The second-order valence-electron chi connectivity index (χ2n) is 3.55. The van der Waals surface area contributed by atoms with Crippen molar-refractivity contribution in [1.82, 2.24) is 9.88 Å². The van der Waals surface area contributed by atoms with Crippen LogP contribution in [0.15, 0.2) is 18.3 Å². The molecule has 0 aliphatic rings. The van der Waals surface area contributed by atoms with Crippen LogP contribution in [0.5, 0.6) is 5.88 Å². The molecule has 1 aromatic heterocycles. The molecule has 0 aliphatic carbocycles. The Morgan fingerprint density at radius 2 is 2.38 bits per heavy atom. The van der Waals surface area contributed by atoms with Crippen molar-refractivity contribution in [3.8, 4) is 5.88 Å². The van der Waals surface area contributed by atoms with E-state index in [1.54, 1.807) is 13.3 Å². The average Bonchev–Trinajstić information content (AvgIpc) is 2.27. The first-order valence-electron chi connectivity index (χ1n) is 5.01. The Labute approximate surface area is 94.7 Å². The van der Waals surface area contributed by atoms with Crippen molar-refractivity contribution < 1.29 is 14.6 Å². The standard InChI is InChI=1S/C11H16N2O3/c1-13(7-5-10(14)15)8-9-4-3-6-12-11(9)16-2/h3-4,6H,5,7-8H2,1-2H3,(H,14,15). The molecule has 1 N–H and O–H groups in total.